The summed E-state index contributed by atoms with van der Waals surface area (Å²) in [6.07, 6.45) is 0. The Balaban J connectivity index is 2.27. The van der Waals surface area contributed by atoms with Crippen molar-refractivity contribution in [3.63, 3.8) is 0 Å². The Morgan fingerprint density at radius 3 is 2.67 bits per heavy atom. The van der Waals surface area contributed by atoms with Gasteiger partial charge in [0.25, 0.3) is 5.69 Å². The first-order valence-corrected chi connectivity index (χ1v) is 6.53. The summed E-state index contributed by atoms with van der Waals surface area (Å²) in [5.74, 6) is 0. The molecule has 0 aromatic heterocycles. The third kappa shape index (κ3) is 3.18. The zero-order valence-corrected chi connectivity index (χ0v) is 11.8. The van der Waals surface area contributed by atoms with Crippen LogP contribution in [0.15, 0.2) is 42.5 Å². The van der Waals surface area contributed by atoms with Crippen molar-refractivity contribution in [2.45, 2.75) is 19.9 Å². The van der Waals surface area contributed by atoms with Crippen molar-refractivity contribution in [3.8, 4) is 6.07 Å². The summed E-state index contributed by atoms with van der Waals surface area (Å²) < 4.78 is 0. The number of benzene rings is 2. The second-order valence-corrected chi connectivity index (χ2v) is 4.81. The van der Waals surface area contributed by atoms with Crippen LogP contribution in [0.3, 0.4) is 0 Å². The summed E-state index contributed by atoms with van der Waals surface area (Å²) in [5, 5.41) is 23.1. The number of rotatable bonds is 4. The third-order valence-corrected chi connectivity index (χ3v) is 3.39. The van der Waals surface area contributed by atoms with Crippen molar-refractivity contribution >= 4 is 11.4 Å². The molecule has 106 valence electrons. The molecule has 0 heterocycles. The lowest BCUT2D eigenvalue weighted by Gasteiger charge is -2.17. The molecule has 0 radical (unpaired) electrons. The van der Waals surface area contributed by atoms with Gasteiger partial charge in [0.05, 0.1) is 16.6 Å². The molecular weight excluding hydrogens is 266 g/mol. The van der Waals surface area contributed by atoms with Crippen LogP contribution in [0, 0.1) is 28.4 Å². The predicted octanol–water partition coefficient (Wildman–Crippen LogP) is 3.95. The molecule has 5 nitrogen and oxygen atoms in total. The number of nitriles is 1. The average molecular weight is 281 g/mol. The second-order valence-electron chi connectivity index (χ2n) is 4.81. The van der Waals surface area contributed by atoms with Crippen LogP contribution >= 0.6 is 0 Å². The van der Waals surface area contributed by atoms with Gasteiger partial charge < -0.3 is 5.32 Å². The van der Waals surface area contributed by atoms with Gasteiger partial charge in [0.1, 0.15) is 0 Å². The number of anilines is 1. The Labute approximate surface area is 123 Å². The van der Waals surface area contributed by atoms with Crippen LogP contribution in [0.25, 0.3) is 0 Å². The quantitative estimate of drug-likeness (QED) is 0.679. The molecule has 0 aliphatic heterocycles. The molecule has 5 heteroatoms. The van der Waals surface area contributed by atoms with Gasteiger partial charge in [-0.2, -0.15) is 5.26 Å². The van der Waals surface area contributed by atoms with Crippen molar-refractivity contribution in [2.75, 3.05) is 5.32 Å². The van der Waals surface area contributed by atoms with Crippen molar-refractivity contribution < 1.29 is 4.92 Å². The van der Waals surface area contributed by atoms with Crippen LogP contribution in [-0.4, -0.2) is 4.92 Å². The molecule has 2 aromatic carbocycles. The maximum absolute atomic E-state index is 11.0. The van der Waals surface area contributed by atoms with Crippen LogP contribution < -0.4 is 5.32 Å². The standard InChI is InChI=1S/C16H15N3O2/c1-11-15(7-4-8-16(11)19(20)21)18-12(2)14-6-3-5-13(9-14)10-17/h3-9,12,18H,1-2H3. The van der Waals surface area contributed by atoms with Gasteiger partial charge >= 0.3 is 0 Å². The van der Waals surface area contributed by atoms with Gasteiger partial charge in [0, 0.05) is 23.4 Å². The van der Waals surface area contributed by atoms with E-state index in [1.165, 1.54) is 6.07 Å². The Hall–Kier alpha value is -2.87. The number of nitrogens with one attached hydrogen (secondary N) is 1. The molecule has 1 atom stereocenters. The molecule has 0 fully saturated rings. The molecule has 0 spiro atoms. The molecule has 0 bridgehead atoms. The molecule has 0 aliphatic carbocycles. The van der Waals surface area contributed by atoms with E-state index in [4.69, 9.17) is 5.26 Å². The number of nitrogens with zero attached hydrogens (tertiary/aromatic N) is 2. The topological polar surface area (TPSA) is 79.0 Å². The van der Waals surface area contributed by atoms with Gasteiger partial charge in [0.15, 0.2) is 0 Å². The molecule has 0 aliphatic rings. The maximum atomic E-state index is 11.0. The van der Waals surface area contributed by atoms with Crippen molar-refractivity contribution in [1.29, 1.82) is 5.26 Å². The van der Waals surface area contributed by atoms with E-state index in [2.05, 4.69) is 11.4 Å². The molecule has 0 amide bonds. The largest absolute Gasteiger partial charge is 0.378 e. The number of nitro benzene ring substituents is 1. The van der Waals surface area contributed by atoms with Gasteiger partial charge in [-0.05, 0) is 37.6 Å². The van der Waals surface area contributed by atoms with Crippen LogP contribution in [-0.2, 0) is 0 Å². The van der Waals surface area contributed by atoms with Crippen molar-refractivity contribution in [2.24, 2.45) is 0 Å². The smallest absolute Gasteiger partial charge is 0.274 e. The summed E-state index contributed by atoms with van der Waals surface area (Å²) in [4.78, 5) is 10.6. The molecule has 0 saturated heterocycles. The fourth-order valence-corrected chi connectivity index (χ4v) is 2.17. The highest BCUT2D eigenvalue weighted by Crippen LogP contribution is 2.28. The first-order chi connectivity index (χ1) is 10.0. The van der Waals surface area contributed by atoms with E-state index in [0.29, 0.717) is 11.1 Å². The van der Waals surface area contributed by atoms with E-state index in [9.17, 15) is 10.1 Å². The summed E-state index contributed by atoms with van der Waals surface area (Å²) in [5.41, 5.74) is 2.97. The Kier molecular flexibility index (Phi) is 4.19. The molecule has 1 N–H and O–H groups in total. The average Bonchev–Trinajstić information content (AvgIpc) is 2.49. The minimum absolute atomic E-state index is 0.0565. The van der Waals surface area contributed by atoms with E-state index < -0.39 is 0 Å². The first kappa shape index (κ1) is 14.5. The zero-order valence-electron chi connectivity index (χ0n) is 11.8. The Morgan fingerprint density at radius 2 is 2.00 bits per heavy atom. The van der Waals surface area contributed by atoms with E-state index in [1.807, 2.05) is 31.2 Å². The second kappa shape index (κ2) is 6.06. The van der Waals surface area contributed by atoms with Crippen LogP contribution in [0.1, 0.15) is 29.7 Å². The van der Waals surface area contributed by atoms with E-state index in [1.54, 1.807) is 19.1 Å². The zero-order chi connectivity index (χ0) is 15.4. The highest BCUT2D eigenvalue weighted by atomic mass is 16.6. The monoisotopic (exact) mass is 281 g/mol. The highest BCUT2D eigenvalue weighted by Gasteiger charge is 2.15. The SMILES string of the molecule is Cc1c(NC(C)c2cccc(C#N)c2)cccc1[N+](=O)[O-]. The minimum atomic E-state index is -0.387. The molecular formula is C16H15N3O2. The number of hydrogen-bond acceptors (Lipinski definition) is 4. The number of nitro groups is 1. The minimum Gasteiger partial charge on any atom is -0.378 e. The van der Waals surface area contributed by atoms with Crippen LogP contribution in [0.4, 0.5) is 11.4 Å². The predicted molar refractivity (Wildman–Crippen MR) is 81.0 cm³/mol. The van der Waals surface area contributed by atoms with Crippen molar-refractivity contribution in [1.82, 2.24) is 0 Å². The van der Waals surface area contributed by atoms with Gasteiger partial charge in [0.2, 0.25) is 0 Å². The third-order valence-electron chi connectivity index (χ3n) is 3.39. The summed E-state index contributed by atoms with van der Waals surface area (Å²) >= 11 is 0. The van der Waals surface area contributed by atoms with Crippen molar-refractivity contribution in [3.05, 3.63) is 69.3 Å². The molecule has 2 aromatic rings. The fourth-order valence-electron chi connectivity index (χ4n) is 2.17. The summed E-state index contributed by atoms with van der Waals surface area (Å²) in [7, 11) is 0. The molecule has 1 unspecified atom stereocenters. The Morgan fingerprint density at radius 1 is 1.29 bits per heavy atom. The van der Waals surface area contributed by atoms with Crippen LogP contribution in [0.5, 0.6) is 0 Å². The van der Waals surface area contributed by atoms with Crippen LogP contribution in [0.2, 0.25) is 0 Å². The molecule has 0 saturated carbocycles. The fraction of sp³-hybridized carbons (Fsp3) is 0.188. The number of hydrogen-bond donors (Lipinski definition) is 1. The van der Waals surface area contributed by atoms with E-state index in [-0.39, 0.29) is 16.7 Å². The Bertz CT molecular complexity index is 720. The maximum Gasteiger partial charge on any atom is 0.274 e. The summed E-state index contributed by atoms with van der Waals surface area (Å²) in [6.45, 7) is 3.67. The van der Waals surface area contributed by atoms with Gasteiger partial charge in [-0.1, -0.05) is 18.2 Å². The van der Waals surface area contributed by atoms with Gasteiger partial charge in [-0.3, -0.25) is 10.1 Å². The van der Waals surface area contributed by atoms with E-state index in [0.717, 1.165) is 11.3 Å². The van der Waals surface area contributed by atoms with E-state index >= 15 is 0 Å². The molecule has 2 rings (SSSR count). The van der Waals surface area contributed by atoms with Gasteiger partial charge in [-0.15, -0.1) is 0 Å². The lowest BCUT2D eigenvalue weighted by molar-refractivity contribution is -0.385. The lowest BCUT2D eigenvalue weighted by Crippen LogP contribution is -2.08. The highest BCUT2D eigenvalue weighted by molar-refractivity contribution is 5.60. The normalized spacial score (nSPS) is 11.5. The summed E-state index contributed by atoms with van der Waals surface area (Å²) in [6, 6.07) is 14.3. The molecule has 21 heavy (non-hydrogen) atoms. The first-order valence-electron chi connectivity index (χ1n) is 6.53. The lowest BCUT2D eigenvalue weighted by atomic mass is 10.0. The van der Waals surface area contributed by atoms with Gasteiger partial charge in [-0.25, -0.2) is 0 Å².